The maximum Gasteiger partial charge on any atom is 0.150 e. The second-order valence-corrected chi connectivity index (χ2v) is 7.60. The monoisotopic (exact) mass is 360 g/mol. The predicted octanol–water partition coefficient (Wildman–Crippen LogP) is 2.35. The number of fused-ring (bicyclic) bond motifs is 1. The number of aromatic nitrogens is 3. The van der Waals surface area contributed by atoms with Crippen LogP contribution < -0.4 is 0 Å². The van der Waals surface area contributed by atoms with Gasteiger partial charge in [-0.25, -0.2) is 0 Å². The molecule has 1 aliphatic heterocycles. The van der Waals surface area contributed by atoms with Gasteiger partial charge in [0.05, 0.1) is 30.2 Å². The second kappa shape index (κ2) is 7.90. The van der Waals surface area contributed by atoms with Crippen LogP contribution >= 0.6 is 0 Å². The van der Waals surface area contributed by atoms with E-state index in [2.05, 4.69) is 21.2 Å². The van der Waals surface area contributed by atoms with Crippen LogP contribution in [0.1, 0.15) is 73.4 Å². The molecular weight excluding hydrogens is 332 g/mol. The average molecular weight is 360 g/mol. The van der Waals surface area contributed by atoms with Crippen LogP contribution in [0.3, 0.4) is 0 Å². The number of hydrogen-bond donors (Lipinski definition) is 2. The van der Waals surface area contributed by atoms with Crippen molar-refractivity contribution in [3.8, 4) is 0 Å². The van der Waals surface area contributed by atoms with Gasteiger partial charge in [0.25, 0.3) is 0 Å². The molecule has 0 saturated heterocycles. The summed E-state index contributed by atoms with van der Waals surface area (Å²) in [7, 11) is 0. The first-order valence-corrected chi connectivity index (χ1v) is 9.76. The average Bonchev–Trinajstić information content (AvgIpc) is 3.25. The Morgan fingerprint density at radius 2 is 2.00 bits per heavy atom. The lowest BCUT2D eigenvalue weighted by Gasteiger charge is -2.19. The zero-order valence-electron chi connectivity index (χ0n) is 15.2. The van der Waals surface area contributed by atoms with E-state index in [1.807, 2.05) is 10.7 Å². The summed E-state index contributed by atoms with van der Waals surface area (Å²) in [4.78, 5) is 2.33. The molecule has 2 aliphatic rings. The molecule has 142 valence electrons. The highest BCUT2D eigenvalue weighted by atomic mass is 16.5. The summed E-state index contributed by atoms with van der Waals surface area (Å²) < 4.78 is 7.57. The Balaban J connectivity index is 1.42. The van der Waals surface area contributed by atoms with E-state index in [9.17, 15) is 5.11 Å². The summed E-state index contributed by atoms with van der Waals surface area (Å²) in [5.74, 6) is 1.49. The van der Waals surface area contributed by atoms with Gasteiger partial charge < -0.3 is 14.7 Å². The molecule has 0 aromatic carbocycles. The quantitative estimate of drug-likeness (QED) is 0.851. The molecule has 7 nitrogen and oxygen atoms in total. The van der Waals surface area contributed by atoms with Crippen molar-refractivity contribution in [2.75, 3.05) is 13.2 Å². The zero-order chi connectivity index (χ0) is 17.9. The molecule has 0 spiro atoms. The topological polar surface area (TPSA) is 87.5 Å². The Kier molecular flexibility index (Phi) is 5.38. The van der Waals surface area contributed by atoms with Crippen molar-refractivity contribution < 1.29 is 14.7 Å². The number of aliphatic hydroxyl groups is 2. The van der Waals surface area contributed by atoms with Crippen LogP contribution in [0.15, 0.2) is 16.7 Å². The van der Waals surface area contributed by atoms with Gasteiger partial charge in [-0.15, -0.1) is 0 Å². The van der Waals surface area contributed by atoms with E-state index in [-0.39, 0.29) is 6.61 Å². The highest BCUT2D eigenvalue weighted by Crippen LogP contribution is 2.32. The predicted molar refractivity (Wildman–Crippen MR) is 95.3 cm³/mol. The largest absolute Gasteiger partial charge is 0.393 e. The number of hydrogen-bond acceptors (Lipinski definition) is 6. The molecule has 4 rings (SSSR count). The van der Waals surface area contributed by atoms with E-state index in [1.54, 1.807) is 0 Å². The van der Waals surface area contributed by atoms with Gasteiger partial charge in [0, 0.05) is 31.6 Å². The van der Waals surface area contributed by atoms with Crippen LogP contribution in [-0.2, 0) is 19.6 Å². The Labute approximate surface area is 153 Å². The van der Waals surface area contributed by atoms with Gasteiger partial charge in [0.2, 0.25) is 0 Å². The van der Waals surface area contributed by atoms with Gasteiger partial charge in [0.15, 0.2) is 5.76 Å². The number of rotatable bonds is 5. The fourth-order valence-corrected chi connectivity index (χ4v) is 4.16. The summed E-state index contributed by atoms with van der Waals surface area (Å²) in [6.07, 6.45) is 6.48. The molecule has 1 aliphatic carbocycles. The molecule has 3 heterocycles. The summed E-state index contributed by atoms with van der Waals surface area (Å²) >= 11 is 0. The molecule has 0 amide bonds. The standard InChI is InChI=1S/C19H28N4O3/c24-13-19(25)18-9-15-11-22(7-4-8-23(15)20-18)12-16-10-17(21-26-16)14-5-2-1-3-6-14/h9-10,14,19,24-25H,1-8,11-13H2/t19-/m1/s1. The normalized spacial score (nSPS) is 20.7. The summed E-state index contributed by atoms with van der Waals surface area (Å²) in [6.45, 7) is 2.99. The minimum atomic E-state index is -0.907. The third-order valence-electron chi connectivity index (χ3n) is 5.61. The fourth-order valence-electron chi connectivity index (χ4n) is 4.16. The molecule has 1 fully saturated rings. The van der Waals surface area contributed by atoms with Crippen LogP contribution in [-0.4, -0.2) is 43.2 Å². The molecule has 26 heavy (non-hydrogen) atoms. The van der Waals surface area contributed by atoms with Crippen molar-refractivity contribution in [1.29, 1.82) is 0 Å². The molecule has 7 heteroatoms. The highest BCUT2D eigenvalue weighted by Gasteiger charge is 2.22. The van der Waals surface area contributed by atoms with Crippen LogP contribution in [0.4, 0.5) is 0 Å². The first-order chi connectivity index (χ1) is 12.7. The lowest BCUT2D eigenvalue weighted by molar-refractivity contribution is 0.0916. The van der Waals surface area contributed by atoms with Crippen molar-refractivity contribution in [3.05, 3.63) is 35.0 Å². The zero-order valence-corrected chi connectivity index (χ0v) is 15.2. The van der Waals surface area contributed by atoms with E-state index in [0.717, 1.165) is 49.7 Å². The number of aliphatic hydroxyl groups excluding tert-OH is 2. The molecule has 2 aromatic rings. The lowest BCUT2D eigenvalue weighted by atomic mass is 9.87. The van der Waals surface area contributed by atoms with Crippen molar-refractivity contribution >= 4 is 0 Å². The van der Waals surface area contributed by atoms with Gasteiger partial charge in [0.1, 0.15) is 6.10 Å². The van der Waals surface area contributed by atoms with Crippen molar-refractivity contribution in [1.82, 2.24) is 19.8 Å². The number of aryl methyl sites for hydroxylation is 1. The van der Waals surface area contributed by atoms with E-state index < -0.39 is 6.10 Å². The molecular formula is C19H28N4O3. The summed E-state index contributed by atoms with van der Waals surface area (Å²) in [6, 6.07) is 4.03. The minimum absolute atomic E-state index is 0.303. The van der Waals surface area contributed by atoms with Crippen molar-refractivity contribution in [2.24, 2.45) is 0 Å². The van der Waals surface area contributed by atoms with E-state index >= 15 is 0 Å². The molecule has 0 bridgehead atoms. The van der Waals surface area contributed by atoms with Crippen molar-refractivity contribution in [2.45, 2.75) is 70.2 Å². The van der Waals surface area contributed by atoms with E-state index in [4.69, 9.17) is 9.63 Å². The number of nitrogens with zero attached hydrogens (tertiary/aromatic N) is 4. The smallest absolute Gasteiger partial charge is 0.150 e. The Bertz CT molecular complexity index is 720. The van der Waals surface area contributed by atoms with Gasteiger partial charge in [-0.2, -0.15) is 5.10 Å². The Morgan fingerprint density at radius 1 is 1.15 bits per heavy atom. The van der Waals surface area contributed by atoms with Crippen molar-refractivity contribution in [3.63, 3.8) is 0 Å². The van der Waals surface area contributed by atoms with Gasteiger partial charge >= 0.3 is 0 Å². The van der Waals surface area contributed by atoms with E-state index in [0.29, 0.717) is 11.6 Å². The molecule has 1 saturated carbocycles. The van der Waals surface area contributed by atoms with Crippen LogP contribution in [0.25, 0.3) is 0 Å². The second-order valence-electron chi connectivity index (χ2n) is 7.60. The van der Waals surface area contributed by atoms with Crippen LogP contribution in [0.5, 0.6) is 0 Å². The third-order valence-corrected chi connectivity index (χ3v) is 5.61. The summed E-state index contributed by atoms with van der Waals surface area (Å²) in [5.41, 5.74) is 2.73. The van der Waals surface area contributed by atoms with Crippen LogP contribution in [0, 0.1) is 0 Å². The highest BCUT2D eigenvalue weighted by molar-refractivity contribution is 5.15. The van der Waals surface area contributed by atoms with Gasteiger partial charge in [-0.3, -0.25) is 9.58 Å². The molecule has 0 unspecified atom stereocenters. The maximum absolute atomic E-state index is 9.81. The Hall–Kier alpha value is -1.70. The van der Waals surface area contributed by atoms with Gasteiger partial charge in [-0.05, 0) is 25.3 Å². The molecule has 1 atom stereocenters. The van der Waals surface area contributed by atoms with Gasteiger partial charge in [-0.1, -0.05) is 24.4 Å². The maximum atomic E-state index is 9.81. The lowest BCUT2D eigenvalue weighted by Crippen LogP contribution is -2.22. The SMILES string of the molecule is OC[C@@H](O)c1cc2n(n1)CCCN(Cc1cc(C3CCCCC3)no1)C2. The fraction of sp³-hybridized carbons (Fsp3) is 0.684. The first kappa shape index (κ1) is 17.7. The first-order valence-electron chi connectivity index (χ1n) is 9.76. The Morgan fingerprint density at radius 3 is 2.81 bits per heavy atom. The minimum Gasteiger partial charge on any atom is -0.393 e. The van der Waals surface area contributed by atoms with E-state index in [1.165, 1.54) is 32.1 Å². The van der Waals surface area contributed by atoms with Crippen LogP contribution in [0.2, 0.25) is 0 Å². The third kappa shape index (κ3) is 3.84. The summed E-state index contributed by atoms with van der Waals surface area (Å²) in [5, 5.41) is 27.7. The molecule has 0 radical (unpaired) electrons. The molecule has 2 N–H and O–H groups in total. The molecule has 2 aromatic heterocycles.